The molecule has 2 saturated heterocycles. The first-order valence-corrected chi connectivity index (χ1v) is 11.8. The van der Waals surface area contributed by atoms with Crippen molar-refractivity contribution < 1.29 is 9.47 Å². The molecule has 0 aromatic heterocycles. The molecule has 0 aliphatic carbocycles. The first-order chi connectivity index (χ1) is 15.7. The van der Waals surface area contributed by atoms with Crippen LogP contribution in [0.15, 0.2) is 53.5 Å². The number of nitrogens with zero attached hydrogens (tertiary/aromatic N) is 3. The predicted molar refractivity (Wildman–Crippen MR) is 130 cm³/mol. The molecule has 0 unspecified atom stereocenters. The number of aliphatic imine (C=N–C) groups is 1. The summed E-state index contributed by atoms with van der Waals surface area (Å²) >= 11 is 0. The van der Waals surface area contributed by atoms with Crippen molar-refractivity contribution in [2.24, 2.45) is 4.99 Å². The van der Waals surface area contributed by atoms with Crippen LogP contribution in [0.5, 0.6) is 0 Å². The molecule has 6 nitrogen and oxygen atoms in total. The van der Waals surface area contributed by atoms with E-state index in [0.29, 0.717) is 12.7 Å². The van der Waals surface area contributed by atoms with E-state index in [1.807, 2.05) is 7.05 Å². The Bertz CT molecular complexity index is 870. The van der Waals surface area contributed by atoms with Gasteiger partial charge in [-0.2, -0.15) is 0 Å². The van der Waals surface area contributed by atoms with E-state index in [2.05, 4.69) is 75.6 Å². The van der Waals surface area contributed by atoms with Crippen LogP contribution in [0.2, 0.25) is 0 Å². The molecule has 0 radical (unpaired) electrons. The van der Waals surface area contributed by atoms with Gasteiger partial charge in [-0.1, -0.05) is 36.4 Å². The quantitative estimate of drug-likeness (QED) is 0.554. The highest BCUT2D eigenvalue weighted by molar-refractivity contribution is 5.80. The average Bonchev–Trinajstić information content (AvgIpc) is 2.85. The van der Waals surface area contributed by atoms with Crippen LogP contribution in [-0.4, -0.2) is 63.4 Å². The van der Waals surface area contributed by atoms with Gasteiger partial charge in [0.1, 0.15) is 0 Å². The SMILES string of the molecule is CN=C(NCc1ccc(COC2CCOCC2)cc1)N1CCN(c2cccc(C)c2)CC1. The summed E-state index contributed by atoms with van der Waals surface area (Å²) in [6.07, 6.45) is 2.33. The van der Waals surface area contributed by atoms with Gasteiger partial charge in [-0.3, -0.25) is 4.99 Å². The van der Waals surface area contributed by atoms with Crippen molar-refractivity contribution in [2.45, 2.75) is 39.0 Å². The number of guanidine groups is 1. The van der Waals surface area contributed by atoms with E-state index in [-0.39, 0.29) is 0 Å². The number of rotatable bonds is 6. The minimum atomic E-state index is 0.333. The van der Waals surface area contributed by atoms with Crippen LogP contribution >= 0.6 is 0 Å². The highest BCUT2D eigenvalue weighted by atomic mass is 16.5. The Morgan fingerprint density at radius 2 is 1.75 bits per heavy atom. The topological polar surface area (TPSA) is 49.3 Å². The molecule has 6 heteroatoms. The molecule has 0 amide bonds. The minimum Gasteiger partial charge on any atom is -0.381 e. The van der Waals surface area contributed by atoms with Crippen LogP contribution in [0.4, 0.5) is 5.69 Å². The zero-order valence-electron chi connectivity index (χ0n) is 19.4. The van der Waals surface area contributed by atoms with Gasteiger partial charge in [-0.05, 0) is 48.6 Å². The number of benzene rings is 2. The minimum absolute atomic E-state index is 0.333. The molecule has 2 aliphatic rings. The number of nitrogens with one attached hydrogen (secondary N) is 1. The molecule has 0 atom stereocenters. The third kappa shape index (κ3) is 6.24. The van der Waals surface area contributed by atoms with Crippen molar-refractivity contribution in [2.75, 3.05) is 51.3 Å². The fourth-order valence-electron chi connectivity index (χ4n) is 4.32. The van der Waals surface area contributed by atoms with Crippen LogP contribution in [0.1, 0.15) is 29.5 Å². The van der Waals surface area contributed by atoms with E-state index in [9.17, 15) is 0 Å². The monoisotopic (exact) mass is 436 g/mol. The zero-order chi connectivity index (χ0) is 22.2. The molecule has 2 aromatic rings. The van der Waals surface area contributed by atoms with Gasteiger partial charge in [0.2, 0.25) is 0 Å². The van der Waals surface area contributed by atoms with Crippen LogP contribution in [0.25, 0.3) is 0 Å². The Balaban J connectivity index is 1.22. The molecule has 0 bridgehead atoms. The summed E-state index contributed by atoms with van der Waals surface area (Å²) in [4.78, 5) is 9.33. The van der Waals surface area contributed by atoms with E-state index >= 15 is 0 Å². The third-order valence-corrected chi connectivity index (χ3v) is 6.29. The number of ether oxygens (including phenoxy) is 2. The van der Waals surface area contributed by atoms with Crippen molar-refractivity contribution in [3.8, 4) is 0 Å². The summed E-state index contributed by atoms with van der Waals surface area (Å²) in [7, 11) is 1.87. The van der Waals surface area contributed by atoms with Gasteiger partial charge in [0, 0.05) is 58.7 Å². The van der Waals surface area contributed by atoms with Gasteiger partial charge in [-0.25, -0.2) is 0 Å². The molecule has 2 heterocycles. The summed E-state index contributed by atoms with van der Waals surface area (Å²) in [6.45, 7) is 9.17. The maximum absolute atomic E-state index is 6.03. The zero-order valence-corrected chi connectivity index (χ0v) is 19.4. The molecule has 2 aliphatic heterocycles. The molecule has 32 heavy (non-hydrogen) atoms. The van der Waals surface area contributed by atoms with Crippen LogP contribution in [0.3, 0.4) is 0 Å². The lowest BCUT2D eigenvalue weighted by molar-refractivity contribution is -0.0390. The number of hydrogen-bond donors (Lipinski definition) is 1. The fourth-order valence-corrected chi connectivity index (χ4v) is 4.32. The highest BCUT2D eigenvalue weighted by Crippen LogP contribution is 2.18. The van der Waals surface area contributed by atoms with Gasteiger partial charge in [0.15, 0.2) is 5.96 Å². The van der Waals surface area contributed by atoms with Crippen molar-refractivity contribution in [1.29, 1.82) is 0 Å². The van der Waals surface area contributed by atoms with E-state index in [0.717, 1.165) is 64.7 Å². The second-order valence-electron chi connectivity index (χ2n) is 8.65. The Morgan fingerprint density at radius 3 is 2.44 bits per heavy atom. The largest absolute Gasteiger partial charge is 0.381 e. The Morgan fingerprint density at radius 1 is 1.03 bits per heavy atom. The van der Waals surface area contributed by atoms with E-state index in [1.165, 1.54) is 22.4 Å². The number of hydrogen-bond acceptors (Lipinski definition) is 4. The van der Waals surface area contributed by atoms with Gasteiger partial charge in [0.05, 0.1) is 12.7 Å². The van der Waals surface area contributed by atoms with Crippen molar-refractivity contribution in [1.82, 2.24) is 10.2 Å². The van der Waals surface area contributed by atoms with Gasteiger partial charge < -0.3 is 24.6 Å². The Hall–Kier alpha value is -2.57. The second kappa shape index (κ2) is 11.3. The molecule has 2 aromatic carbocycles. The normalized spacial score (nSPS) is 18.1. The van der Waals surface area contributed by atoms with Crippen molar-refractivity contribution >= 4 is 11.6 Å². The Kier molecular flexibility index (Phi) is 8.02. The molecule has 172 valence electrons. The predicted octanol–water partition coefficient (Wildman–Crippen LogP) is 3.59. The molecule has 4 rings (SSSR count). The van der Waals surface area contributed by atoms with Gasteiger partial charge in [-0.15, -0.1) is 0 Å². The lowest BCUT2D eigenvalue weighted by Gasteiger charge is -2.37. The molecule has 1 N–H and O–H groups in total. The Labute approximate surface area is 192 Å². The standard InChI is InChI=1S/C26H36N4O2/c1-21-4-3-5-24(18-21)29-12-14-30(15-13-29)26(27-2)28-19-22-6-8-23(9-7-22)20-32-25-10-16-31-17-11-25/h3-9,18,25H,10-17,19-20H2,1-2H3,(H,27,28). The smallest absolute Gasteiger partial charge is 0.194 e. The number of piperazine rings is 1. The van der Waals surface area contributed by atoms with Crippen molar-refractivity contribution in [3.63, 3.8) is 0 Å². The maximum Gasteiger partial charge on any atom is 0.194 e. The van der Waals surface area contributed by atoms with Crippen molar-refractivity contribution in [3.05, 3.63) is 65.2 Å². The third-order valence-electron chi connectivity index (χ3n) is 6.29. The van der Waals surface area contributed by atoms with E-state index < -0.39 is 0 Å². The average molecular weight is 437 g/mol. The van der Waals surface area contributed by atoms with E-state index in [4.69, 9.17) is 9.47 Å². The lowest BCUT2D eigenvalue weighted by Crippen LogP contribution is -2.52. The van der Waals surface area contributed by atoms with Gasteiger partial charge in [0.25, 0.3) is 0 Å². The molecule has 0 saturated carbocycles. The summed E-state index contributed by atoms with van der Waals surface area (Å²) < 4.78 is 11.4. The van der Waals surface area contributed by atoms with E-state index in [1.54, 1.807) is 0 Å². The van der Waals surface area contributed by atoms with Crippen LogP contribution < -0.4 is 10.2 Å². The molecular formula is C26H36N4O2. The van der Waals surface area contributed by atoms with Crippen LogP contribution in [0, 0.1) is 6.92 Å². The number of anilines is 1. The summed E-state index contributed by atoms with van der Waals surface area (Å²) in [5.41, 5.74) is 5.09. The molecule has 2 fully saturated rings. The second-order valence-corrected chi connectivity index (χ2v) is 8.65. The summed E-state index contributed by atoms with van der Waals surface area (Å²) in [6, 6.07) is 17.4. The molecule has 0 spiro atoms. The first kappa shape index (κ1) is 22.6. The van der Waals surface area contributed by atoms with Gasteiger partial charge >= 0.3 is 0 Å². The number of aryl methyl sites for hydroxylation is 1. The lowest BCUT2D eigenvalue weighted by atomic mass is 10.1. The fraction of sp³-hybridized carbons (Fsp3) is 0.500. The molecular weight excluding hydrogens is 400 g/mol. The van der Waals surface area contributed by atoms with Crippen LogP contribution in [-0.2, 0) is 22.6 Å². The summed E-state index contributed by atoms with van der Waals surface area (Å²) in [5, 5.41) is 3.53. The maximum atomic E-state index is 6.03. The first-order valence-electron chi connectivity index (χ1n) is 11.8. The highest BCUT2D eigenvalue weighted by Gasteiger charge is 2.20. The summed E-state index contributed by atoms with van der Waals surface area (Å²) in [5.74, 6) is 0.973.